The molecule has 136 valence electrons. The van der Waals surface area contributed by atoms with Crippen LogP contribution in [0.25, 0.3) is 0 Å². The minimum Gasteiger partial charge on any atom is -0.406 e. The molecule has 1 unspecified atom stereocenters. The largest absolute Gasteiger partial charge is 0.573 e. The van der Waals surface area contributed by atoms with Crippen LogP contribution in [0, 0.1) is 0 Å². The van der Waals surface area contributed by atoms with Gasteiger partial charge in [0, 0.05) is 5.56 Å². The van der Waals surface area contributed by atoms with Gasteiger partial charge in [0.05, 0.1) is 15.6 Å². The molecule has 1 saturated carbocycles. The van der Waals surface area contributed by atoms with Crippen molar-refractivity contribution in [2.75, 3.05) is 0 Å². The summed E-state index contributed by atoms with van der Waals surface area (Å²) in [6.45, 7) is 0. The molecule has 3 rings (SSSR count). The zero-order chi connectivity index (χ0) is 18.4. The van der Waals surface area contributed by atoms with Crippen molar-refractivity contribution in [3.05, 3.63) is 27.7 Å². The highest BCUT2D eigenvalue weighted by Gasteiger charge is 2.54. The average Bonchev–Trinajstić information content (AvgIpc) is 2.70. The van der Waals surface area contributed by atoms with E-state index in [1.54, 1.807) is 0 Å². The normalized spacial score (nSPS) is 23.0. The van der Waals surface area contributed by atoms with Gasteiger partial charge in [0.1, 0.15) is 11.7 Å². The van der Waals surface area contributed by atoms with Crippen molar-refractivity contribution in [1.29, 1.82) is 0 Å². The third kappa shape index (κ3) is 3.44. The smallest absolute Gasteiger partial charge is 0.406 e. The van der Waals surface area contributed by atoms with E-state index in [-0.39, 0.29) is 21.4 Å². The van der Waals surface area contributed by atoms with Gasteiger partial charge in [0.15, 0.2) is 5.78 Å². The molecule has 1 amide bonds. The summed E-state index contributed by atoms with van der Waals surface area (Å²) in [5, 5.41) is 2.33. The Balaban J connectivity index is 1.96. The van der Waals surface area contributed by atoms with Crippen LogP contribution in [0.2, 0.25) is 10.0 Å². The van der Waals surface area contributed by atoms with E-state index >= 15 is 0 Å². The van der Waals surface area contributed by atoms with Crippen molar-refractivity contribution in [3.8, 4) is 5.75 Å². The fourth-order valence-electron chi connectivity index (χ4n) is 3.58. The predicted octanol–water partition coefficient (Wildman–Crippen LogP) is 4.38. The molecule has 1 aromatic rings. The minimum absolute atomic E-state index is 0.0165. The second-order valence-electron chi connectivity index (χ2n) is 6.28. The van der Waals surface area contributed by atoms with Crippen LogP contribution < -0.4 is 10.1 Å². The molecular formula is C16H14Cl2F3NO3. The summed E-state index contributed by atoms with van der Waals surface area (Å²) in [5.74, 6) is -2.69. The number of rotatable bonds is 2. The van der Waals surface area contributed by atoms with Gasteiger partial charge in [-0.3, -0.25) is 9.59 Å². The van der Waals surface area contributed by atoms with Crippen molar-refractivity contribution < 1.29 is 27.5 Å². The Labute approximate surface area is 151 Å². The Hall–Kier alpha value is -1.47. The minimum atomic E-state index is -4.90. The molecule has 1 aliphatic heterocycles. The summed E-state index contributed by atoms with van der Waals surface area (Å²) in [6.07, 6.45) is -1.20. The van der Waals surface area contributed by atoms with Crippen molar-refractivity contribution >= 4 is 34.9 Å². The zero-order valence-electron chi connectivity index (χ0n) is 12.9. The molecule has 0 aromatic heterocycles. The fourth-order valence-corrected chi connectivity index (χ4v) is 4.27. The van der Waals surface area contributed by atoms with Crippen molar-refractivity contribution in [3.63, 3.8) is 0 Å². The van der Waals surface area contributed by atoms with Gasteiger partial charge in [0.2, 0.25) is 5.91 Å². The number of ether oxygens (including phenoxy) is 1. The first-order chi connectivity index (χ1) is 11.6. The highest BCUT2D eigenvalue weighted by molar-refractivity contribution is 6.38. The number of hydrogen-bond acceptors (Lipinski definition) is 3. The van der Waals surface area contributed by atoms with Crippen molar-refractivity contribution in [2.45, 2.75) is 49.9 Å². The van der Waals surface area contributed by atoms with E-state index in [4.69, 9.17) is 23.2 Å². The lowest BCUT2D eigenvalue weighted by Gasteiger charge is -2.31. The van der Waals surface area contributed by atoms with Crippen LogP contribution in [0.15, 0.2) is 12.1 Å². The molecule has 2 aliphatic rings. The number of halogens is 5. The number of carbonyl (C=O) groups is 2. The Morgan fingerprint density at radius 2 is 1.64 bits per heavy atom. The van der Waals surface area contributed by atoms with Gasteiger partial charge >= 0.3 is 6.36 Å². The monoisotopic (exact) mass is 395 g/mol. The summed E-state index contributed by atoms with van der Waals surface area (Å²) < 4.78 is 40.8. The number of nitrogens with one attached hydrogen (secondary N) is 1. The first-order valence-electron chi connectivity index (χ1n) is 7.74. The molecule has 2 fully saturated rings. The number of alkyl halides is 3. The number of amides is 1. The van der Waals surface area contributed by atoms with Crippen LogP contribution >= 0.6 is 23.2 Å². The van der Waals surface area contributed by atoms with Gasteiger partial charge in [-0.25, -0.2) is 0 Å². The lowest BCUT2D eigenvalue weighted by molar-refractivity contribution is -0.274. The Kier molecular flexibility index (Phi) is 4.66. The summed E-state index contributed by atoms with van der Waals surface area (Å²) in [5.41, 5.74) is -0.906. The fraction of sp³-hybridized carbons (Fsp3) is 0.500. The van der Waals surface area contributed by atoms with Gasteiger partial charge in [-0.1, -0.05) is 42.5 Å². The van der Waals surface area contributed by atoms with Crippen LogP contribution in [0.3, 0.4) is 0 Å². The molecule has 9 heteroatoms. The van der Waals surface area contributed by atoms with E-state index in [0.29, 0.717) is 12.8 Å². The second-order valence-corrected chi connectivity index (χ2v) is 7.09. The standard InChI is InChI=1S/C16H14Cl2F3NO3/c17-9-6-8(25-16(19,20)21)7-10(18)11(9)12-13(23)15(22-14(12)24)4-2-1-3-5-15/h6-7,12H,1-5H2,(H,22,24). The van der Waals surface area contributed by atoms with E-state index in [0.717, 1.165) is 31.4 Å². The summed E-state index contributed by atoms with van der Waals surface area (Å²) >= 11 is 12.1. The van der Waals surface area contributed by atoms with Crippen LogP contribution in [-0.2, 0) is 9.59 Å². The maximum atomic E-state index is 12.9. The molecule has 1 N–H and O–H groups in total. The summed E-state index contributed by atoms with van der Waals surface area (Å²) in [6, 6.07) is 1.81. The van der Waals surface area contributed by atoms with Gasteiger partial charge in [-0.05, 0) is 25.0 Å². The molecule has 1 aliphatic carbocycles. The number of ketones is 1. The maximum absolute atomic E-state index is 12.9. The first kappa shape index (κ1) is 18.3. The van der Waals surface area contributed by atoms with Gasteiger partial charge < -0.3 is 10.1 Å². The van der Waals surface area contributed by atoms with Gasteiger partial charge in [-0.15, -0.1) is 13.2 Å². The quantitative estimate of drug-likeness (QED) is 0.756. The van der Waals surface area contributed by atoms with Crippen molar-refractivity contribution in [1.82, 2.24) is 5.32 Å². The Morgan fingerprint density at radius 3 is 2.16 bits per heavy atom. The van der Waals surface area contributed by atoms with Crippen LogP contribution in [-0.4, -0.2) is 23.6 Å². The lowest BCUT2D eigenvalue weighted by Crippen LogP contribution is -2.47. The molecule has 1 saturated heterocycles. The molecule has 1 heterocycles. The summed E-state index contributed by atoms with van der Waals surface area (Å²) in [7, 11) is 0. The number of carbonyl (C=O) groups excluding carboxylic acids is 2. The van der Waals surface area contributed by atoms with E-state index in [2.05, 4.69) is 10.1 Å². The molecular weight excluding hydrogens is 382 g/mol. The predicted molar refractivity (Wildman–Crippen MR) is 84.9 cm³/mol. The molecule has 1 atom stereocenters. The van der Waals surface area contributed by atoms with Crippen LogP contribution in [0.5, 0.6) is 5.75 Å². The first-order valence-corrected chi connectivity index (χ1v) is 8.50. The molecule has 0 bridgehead atoms. The van der Waals surface area contributed by atoms with E-state index in [9.17, 15) is 22.8 Å². The van der Waals surface area contributed by atoms with Crippen molar-refractivity contribution in [2.24, 2.45) is 0 Å². The van der Waals surface area contributed by atoms with Crippen LogP contribution in [0.1, 0.15) is 43.6 Å². The molecule has 1 aromatic carbocycles. The Bertz CT molecular complexity index is 707. The van der Waals surface area contributed by atoms with E-state index in [1.807, 2.05) is 0 Å². The SMILES string of the molecule is O=C1NC2(CCCCC2)C(=O)C1c1c(Cl)cc(OC(F)(F)F)cc1Cl. The van der Waals surface area contributed by atoms with Crippen LogP contribution in [0.4, 0.5) is 13.2 Å². The molecule has 1 spiro atoms. The molecule has 25 heavy (non-hydrogen) atoms. The number of benzene rings is 1. The lowest BCUT2D eigenvalue weighted by atomic mass is 9.77. The van der Waals surface area contributed by atoms with Gasteiger partial charge in [-0.2, -0.15) is 0 Å². The maximum Gasteiger partial charge on any atom is 0.573 e. The number of Topliss-reactive ketones (excluding diaryl/α,β-unsaturated/α-hetero) is 1. The summed E-state index contributed by atoms with van der Waals surface area (Å²) in [4.78, 5) is 25.3. The highest BCUT2D eigenvalue weighted by Crippen LogP contribution is 2.44. The zero-order valence-corrected chi connectivity index (χ0v) is 14.4. The van der Waals surface area contributed by atoms with E-state index in [1.165, 1.54) is 0 Å². The Morgan fingerprint density at radius 1 is 1.08 bits per heavy atom. The molecule has 0 radical (unpaired) electrons. The number of hydrogen-bond donors (Lipinski definition) is 1. The van der Waals surface area contributed by atoms with E-state index < -0.39 is 29.5 Å². The average molecular weight is 396 g/mol. The third-order valence-corrected chi connectivity index (χ3v) is 5.27. The van der Waals surface area contributed by atoms with Gasteiger partial charge in [0.25, 0.3) is 0 Å². The topological polar surface area (TPSA) is 55.4 Å². The highest BCUT2D eigenvalue weighted by atomic mass is 35.5. The third-order valence-electron chi connectivity index (χ3n) is 4.64. The molecule has 4 nitrogen and oxygen atoms in total. The second kappa shape index (κ2) is 6.36.